The van der Waals surface area contributed by atoms with Crippen LogP contribution < -0.4 is 0 Å². The van der Waals surface area contributed by atoms with Gasteiger partial charge in [-0.15, -0.1) is 0 Å². The number of carbonyl (C=O) groups excluding carboxylic acids is 1. The Kier molecular flexibility index (Phi) is 2.26. The van der Waals surface area contributed by atoms with Crippen LogP contribution >= 0.6 is 0 Å². The van der Waals surface area contributed by atoms with Crippen molar-refractivity contribution in [2.45, 2.75) is 12.5 Å². The van der Waals surface area contributed by atoms with E-state index < -0.39 is 5.60 Å². The number of likely N-dealkylation sites (N-methyl/N-ethyl adjacent to an activating group) is 1. The second kappa shape index (κ2) is 3.05. The van der Waals surface area contributed by atoms with Crippen LogP contribution in [-0.2, 0) is 14.3 Å². The second-order valence-electron chi connectivity index (χ2n) is 3.13. The Morgan fingerprint density at radius 1 is 1.50 bits per heavy atom. The van der Waals surface area contributed by atoms with Crippen molar-refractivity contribution >= 4 is 5.91 Å². The first-order valence-corrected chi connectivity index (χ1v) is 3.72. The summed E-state index contributed by atoms with van der Waals surface area (Å²) in [5.41, 5.74) is -0.863. The summed E-state index contributed by atoms with van der Waals surface area (Å²) in [7, 11) is 3.38. The molecule has 0 bridgehead atoms. The third-order valence-electron chi connectivity index (χ3n) is 1.70. The molecule has 1 heterocycles. The van der Waals surface area contributed by atoms with Crippen molar-refractivity contribution < 1.29 is 14.3 Å². The third-order valence-corrected chi connectivity index (χ3v) is 1.70. The standard InChI is InChI=1S/C8H13NO3/c1-8(7(10)9(2)3)6-11-4-5-12-8/h4-5H,6H2,1-3H3. The van der Waals surface area contributed by atoms with E-state index in [0.717, 1.165) is 0 Å². The summed E-state index contributed by atoms with van der Waals surface area (Å²) >= 11 is 0. The maximum atomic E-state index is 11.5. The van der Waals surface area contributed by atoms with E-state index in [1.165, 1.54) is 17.4 Å². The largest absolute Gasteiger partial charge is 0.493 e. The van der Waals surface area contributed by atoms with Crippen LogP contribution in [0.2, 0.25) is 0 Å². The van der Waals surface area contributed by atoms with Gasteiger partial charge in [0.05, 0.1) is 0 Å². The highest BCUT2D eigenvalue weighted by atomic mass is 16.6. The summed E-state index contributed by atoms with van der Waals surface area (Å²) < 4.78 is 10.2. The third kappa shape index (κ3) is 1.52. The van der Waals surface area contributed by atoms with Gasteiger partial charge >= 0.3 is 0 Å². The fraction of sp³-hybridized carbons (Fsp3) is 0.625. The summed E-state index contributed by atoms with van der Waals surface area (Å²) in [6.07, 6.45) is 2.83. The minimum Gasteiger partial charge on any atom is -0.493 e. The molecule has 0 aromatic rings. The Morgan fingerprint density at radius 3 is 2.58 bits per heavy atom. The van der Waals surface area contributed by atoms with Gasteiger partial charge in [-0.25, -0.2) is 0 Å². The molecule has 0 aliphatic carbocycles. The molecule has 4 nitrogen and oxygen atoms in total. The van der Waals surface area contributed by atoms with E-state index in [0.29, 0.717) is 0 Å². The Bertz CT molecular complexity index is 212. The van der Waals surface area contributed by atoms with Crippen molar-refractivity contribution in [3.63, 3.8) is 0 Å². The van der Waals surface area contributed by atoms with Crippen LogP contribution in [-0.4, -0.2) is 37.1 Å². The van der Waals surface area contributed by atoms with Crippen LogP contribution in [0.1, 0.15) is 6.92 Å². The molecule has 1 atom stereocenters. The fourth-order valence-electron chi connectivity index (χ4n) is 1.04. The first-order chi connectivity index (χ1) is 5.56. The first kappa shape index (κ1) is 8.90. The van der Waals surface area contributed by atoms with Gasteiger partial charge in [-0.05, 0) is 6.92 Å². The summed E-state index contributed by atoms with van der Waals surface area (Å²) in [6.45, 7) is 1.97. The highest BCUT2D eigenvalue weighted by Gasteiger charge is 2.38. The Balaban J connectivity index is 2.71. The summed E-state index contributed by atoms with van der Waals surface area (Å²) in [4.78, 5) is 13.0. The van der Waals surface area contributed by atoms with Crippen LogP contribution in [0.4, 0.5) is 0 Å². The number of rotatable bonds is 1. The molecule has 0 saturated carbocycles. The molecule has 0 aromatic heterocycles. The summed E-state index contributed by atoms with van der Waals surface area (Å²) in [6, 6.07) is 0. The molecule has 0 fully saturated rings. The van der Waals surface area contributed by atoms with Gasteiger partial charge in [0.2, 0.25) is 5.60 Å². The Labute approximate surface area is 71.7 Å². The molecular weight excluding hydrogens is 158 g/mol. The quantitative estimate of drug-likeness (QED) is 0.571. The van der Waals surface area contributed by atoms with Gasteiger partial charge in [0, 0.05) is 14.1 Å². The van der Waals surface area contributed by atoms with Crippen molar-refractivity contribution in [2.24, 2.45) is 0 Å². The number of hydrogen-bond donors (Lipinski definition) is 0. The lowest BCUT2D eigenvalue weighted by atomic mass is 10.1. The average molecular weight is 171 g/mol. The zero-order valence-corrected chi connectivity index (χ0v) is 7.53. The second-order valence-corrected chi connectivity index (χ2v) is 3.13. The highest BCUT2D eigenvalue weighted by molar-refractivity contribution is 5.84. The van der Waals surface area contributed by atoms with E-state index in [9.17, 15) is 4.79 Å². The van der Waals surface area contributed by atoms with Crippen molar-refractivity contribution in [3.8, 4) is 0 Å². The van der Waals surface area contributed by atoms with Gasteiger partial charge in [0.15, 0.2) is 0 Å². The fourth-order valence-corrected chi connectivity index (χ4v) is 1.04. The van der Waals surface area contributed by atoms with E-state index in [-0.39, 0.29) is 12.5 Å². The lowest BCUT2D eigenvalue weighted by Gasteiger charge is -2.31. The SMILES string of the molecule is CN(C)C(=O)C1(C)COC=CO1. The van der Waals surface area contributed by atoms with Crippen LogP contribution in [0.3, 0.4) is 0 Å². The molecule has 0 radical (unpaired) electrons. The molecule has 0 spiro atoms. The molecule has 1 aliphatic heterocycles. The highest BCUT2D eigenvalue weighted by Crippen LogP contribution is 2.17. The molecule has 0 N–H and O–H groups in total. The number of amides is 1. The van der Waals surface area contributed by atoms with Gasteiger partial charge in [0.1, 0.15) is 19.1 Å². The maximum absolute atomic E-state index is 11.5. The molecular formula is C8H13NO3. The monoisotopic (exact) mass is 171 g/mol. The van der Waals surface area contributed by atoms with Crippen molar-refractivity contribution in [2.75, 3.05) is 20.7 Å². The Morgan fingerprint density at radius 2 is 2.17 bits per heavy atom. The Hall–Kier alpha value is -1.19. The number of ether oxygens (including phenoxy) is 2. The van der Waals surface area contributed by atoms with Crippen molar-refractivity contribution in [1.29, 1.82) is 0 Å². The first-order valence-electron chi connectivity index (χ1n) is 3.72. The molecule has 4 heteroatoms. The van der Waals surface area contributed by atoms with E-state index in [2.05, 4.69) is 0 Å². The molecule has 0 aromatic carbocycles. The van der Waals surface area contributed by atoms with Gasteiger partial charge in [-0.1, -0.05) is 0 Å². The zero-order chi connectivity index (χ0) is 9.19. The molecule has 0 saturated heterocycles. The molecule has 1 unspecified atom stereocenters. The predicted molar refractivity (Wildman–Crippen MR) is 43.3 cm³/mol. The topological polar surface area (TPSA) is 38.8 Å². The van der Waals surface area contributed by atoms with Gasteiger partial charge < -0.3 is 14.4 Å². The smallest absolute Gasteiger partial charge is 0.269 e. The van der Waals surface area contributed by atoms with E-state index in [1.54, 1.807) is 21.0 Å². The maximum Gasteiger partial charge on any atom is 0.269 e. The molecule has 1 rings (SSSR count). The molecule has 1 aliphatic rings. The minimum atomic E-state index is -0.863. The molecule has 12 heavy (non-hydrogen) atoms. The van der Waals surface area contributed by atoms with Gasteiger partial charge in [-0.3, -0.25) is 4.79 Å². The van der Waals surface area contributed by atoms with E-state index in [1.807, 2.05) is 0 Å². The van der Waals surface area contributed by atoms with Crippen LogP contribution in [0, 0.1) is 0 Å². The zero-order valence-electron chi connectivity index (χ0n) is 7.53. The van der Waals surface area contributed by atoms with E-state index >= 15 is 0 Å². The van der Waals surface area contributed by atoms with E-state index in [4.69, 9.17) is 9.47 Å². The lowest BCUT2D eigenvalue weighted by molar-refractivity contribution is -0.155. The van der Waals surface area contributed by atoms with Crippen molar-refractivity contribution in [3.05, 3.63) is 12.5 Å². The number of carbonyl (C=O) groups is 1. The van der Waals surface area contributed by atoms with Crippen molar-refractivity contribution in [1.82, 2.24) is 4.90 Å². The minimum absolute atomic E-state index is 0.0909. The lowest BCUT2D eigenvalue weighted by Crippen LogP contribution is -2.49. The summed E-state index contributed by atoms with van der Waals surface area (Å²) in [5.74, 6) is -0.0909. The molecule has 1 amide bonds. The van der Waals surface area contributed by atoms with Gasteiger partial charge in [0.25, 0.3) is 5.91 Å². The number of hydrogen-bond acceptors (Lipinski definition) is 3. The average Bonchev–Trinajstić information content (AvgIpc) is 2.04. The van der Waals surface area contributed by atoms with Crippen LogP contribution in [0.5, 0.6) is 0 Å². The molecule has 68 valence electrons. The normalized spacial score (nSPS) is 27.2. The van der Waals surface area contributed by atoms with Crippen LogP contribution in [0.15, 0.2) is 12.5 Å². The van der Waals surface area contributed by atoms with Crippen LogP contribution in [0.25, 0.3) is 0 Å². The summed E-state index contributed by atoms with van der Waals surface area (Å²) in [5, 5.41) is 0. The number of nitrogens with zero attached hydrogens (tertiary/aromatic N) is 1. The predicted octanol–water partition coefficient (Wildman–Crippen LogP) is 0.351. The van der Waals surface area contributed by atoms with Gasteiger partial charge in [-0.2, -0.15) is 0 Å².